The van der Waals surface area contributed by atoms with E-state index in [9.17, 15) is 9.18 Å². The predicted octanol–water partition coefficient (Wildman–Crippen LogP) is 5.24. The van der Waals surface area contributed by atoms with E-state index < -0.39 is 0 Å². The largest absolute Gasteiger partial charge is 0.490 e. The smallest absolute Gasteiger partial charge is 0.323 e. The zero-order valence-electron chi connectivity index (χ0n) is 16.8. The maximum Gasteiger partial charge on any atom is 0.323 e. The van der Waals surface area contributed by atoms with Crippen LogP contribution in [-0.2, 0) is 13.2 Å². The zero-order valence-corrected chi connectivity index (χ0v) is 17.6. The van der Waals surface area contributed by atoms with Gasteiger partial charge in [0.25, 0.3) is 0 Å². The van der Waals surface area contributed by atoms with Gasteiger partial charge in [-0.3, -0.25) is 0 Å². The first-order chi connectivity index (χ1) is 15.0. The third-order valence-corrected chi connectivity index (χ3v) is 4.96. The lowest BCUT2D eigenvalue weighted by Gasteiger charge is -2.16. The Hall–Kier alpha value is -3.45. The van der Waals surface area contributed by atoms with E-state index in [-0.39, 0.29) is 18.1 Å². The lowest BCUT2D eigenvalue weighted by molar-refractivity contribution is 0.269. The molecule has 160 valence electrons. The van der Waals surface area contributed by atoms with Crippen LogP contribution in [0.5, 0.6) is 11.5 Å². The summed E-state index contributed by atoms with van der Waals surface area (Å²) in [6.45, 7) is 3.08. The first-order valence-corrected chi connectivity index (χ1v) is 10.2. The van der Waals surface area contributed by atoms with Crippen molar-refractivity contribution in [3.8, 4) is 11.5 Å². The summed E-state index contributed by atoms with van der Waals surface area (Å²) in [7, 11) is 0. The van der Waals surface area contributed by atoms with Gasteiger partial charge >= 0.3 is 5.69 Å². The molecule has 4 aromatic rings. The molecule has 0 saturated heterocycles. The Kier molecular flexibility index (Phi) is 6.13. The van der Waals surface area contributed by atoms with Crippen LogP contribution < -0.4 is 20.5 Å². The highest BCUT2D eigenvalue weighted by Crippen LogP contribution is 2.37. The molecule has 8 heteroatoms. The lowest BCUT2D eigenvalue weighted by atomic mass is 10.2. The Morgan fingerprint density at radius 3 is 2.52 bits per heavy atom. The molecule has 3 aromatic carbocycles. The van der Waals surface area contributed by atoms with E-state index >= 15 is 0 Å². The third kappa shape index (κ3) is 5.00. The van der Waals surface area contributed by atoms with Gasteiger partial charge in [-0.05, 0) is 60.5 Å². The Bertz CT molecular complexity index is 1250. The Morgan fingerprint density at radius 2 is 1.74 bits per heavy atom. The van der Waals surface area contributed by atoms with E-state index in [2.05, 4.69) is 15.3 Å². The van der Waals surface area contributed by atoms with Crippen molar-refractivity contribution < 1.29 is 13.9 Å². The molecule has 4 rings (SSSR count). The molecule has 0 atom stereocenters. The van der Waals surface area contributed by atoms with Crippen LogP contribution in [0.25, 0.3) is 11.0 Å². The number of halogens is 2. The van der Waals surface area contributed by atoms with Gasteiger partial charge in [0.15, 0.2) is 11.5 Å². The number of nitrogens with one attached hydrogen (secondary N) is 3. The number of hydrogen-bond donors (Lipinski definition) is 3. The van der Waals surface area contributed by atoms with E-state index in [1.807, 2.05) is 37.3 Å². The topological polar surface area (TPSA) is 79.1 Å². The average Bonchev–Trinajstić information content (AvgIpc) is 3.12. The first kappa shape index (κ1) is 20.8. The molecular formula is C23H21ClFN3O3. The molecule has 0 unspecified atom stereocenters. The number of benzene rings is 3. The number of ether oxygens (including phenoxy) is 2. The molecule has 0 spiro atoms. The first-order valence-electron chi connectivity index (χ1n) is 9.80. The molecule has 1 heterocycles. The van der Waals surface area contributed by atoms with Gasteiger partial charge in [-0.1, -0.05) is 23.7 Å². The SMILES string of the molecule is CCOc1cc(CNc2ccc3[nH]c(=O)[nH]c3c2)cc(Cl)c1OCc1ccc(F)cc1. The minimum Gasteiger partial charge on any atom is -0.490 e. The number of anilines is 1. The van der Waals surface area contributed by atoms with Crippen molar-refractivity contribution in [2.75, 3.05) is 11.9 Å². The minimum atomic E-state index is -0.296. The highest BCUT2D eigenvalue weighted by molar-refractivity contribution is 6.32. The van der Waals surface area contributed by atoms with E-state index in [0.717, 1.165) is 27.8 Å². The summed E-state index contributed by atoms with van der Waals surface area (Å²) in [5.41, 5.74) is 3.83. The van der Waals surface area contributed by atoms with E-state index in [1.165, 1.54) is 12.1 Å². The fraction of sp³-hybridized carbons (Fsp3) is 0.174. The van der Waals surface area contributed by atoms with Gasteiger partial charge in [0.2, 0.25) is 0 Å². The number of rotatable bonds is 8. The number of imidazole rings is 1. The van der Waals surface area contributed by atoms with Crippen LogP contribution in [0.3, 0.4) is 0 Å². The molecule has 0 aliphatic heterocycles. The number of aromatic amines is 2. The van der Waals surface area contributed by atoms with Gasteiger partial charge in [-0.2, -0.15) is 0 Å². The van der Waals surface area contributed by atoms with Gasteiger partial charge in [-0.15, -0.1) is 0 Å². The quantitative estimate of drug-likeness (QED) is 0.349. The summed E-state index contributed by atoms with van der Waals surface area (Å²) in [5, 5.41) is 3.74. The lowest BCUT2D eigenvalue weighted by Crippen LogP contribution is -2.04. The van der Waals surface area contributed by atoms with E-state index in [4.69, 9.17) is 21.1 Å². The summed E-state index contributed by atoms with van der Waals surface area (Å²) >= 11 is 6.49. The van der Waals surface area contributed by atoms with Crippen LogP contribution in [-0.4, -0.2) is 16.6 Å². The second-order valence-corrected chi connectivity index (χ2v) is 7.35. The molecule has 0 aliphatic rings. The molecule has 0 radical (unpaired) electrons. The maximum atomic E-state index is 13.1. The molecule has 6 nitrogen and oxygen atoms in total. The fourth-order valence-corrected chi connectivity index (χ4v) is 3.50. The van der Waals surface area contributed by atoms with E-state index in [1.54, 1.807) is 12.1 Å². The molecule has 1 aromatic heterocycles. The van der Waals surface area contributed by atoms with Crippen molar-refractivity contribution in [2.45, 2.75) is 20.1 Å². The summed E-state index contributed by atoms with van der Waals surface area (Å²) in [5.74, 6) is 0.692. The minimum absolute atomic E-state index is 0.239. The average molecular weight is 442 g/mol. The van der Waals surface area contributed by atoms with Gasteiger partial charge < -0.3 is 24.8 Å². The van der Waals surface area contributed by atoms with Crippen molar-refractivity contribution in [3.05, 3.63) is 87.0 Å². The van der Waals surface area contributed by atoms with Crippen LogP contribution in [0.2, 0.25) is 5.02 Å². The highest BCUT2D eigenvalue weighted by atomic mass is 35.5. The van der Waals surface area contributed by atoms with Crippen LogP contribution >= 0.6 is 11.6 Å². The van der Waals surface area contributed by atoms with Crippen molar-refractivity contribution in [1.82, 2.24) is 9.97 Å². The molecule has 31 heavy (non-hydrogen) atoms. The normalized spacial score (nSPS) is 10.9. The highest BCUT2D eigenvalue weighted by Gasteiger charge is 2.13. The summed E-state index contributed by atoms with van der Waals surface area (Å²) in [6, 6.07) is 15.4. The molecule has 0 saturated carbocycles. The van der Waals surface area contributed by atoms with Crippen molar-refractivity contribution in [3.63, 3.8) is 0 Å². The second kappa shape index (κ2) is 9.14. The number of fused-ring (bicyclic) bond motifs is 1. The van der Waals surface area contributed by atoms with Crippen LogP contribution in [0.15, 0.2) is 59.4 Å². The van der Waals surface area contributed by atoms with Gasteiger partial charge in [0.05, 0.1) is 22.7 Å². The molecule has 0 bridgehead atoms. The van der Waals surface area contributed by atoms with Gasteiger partial charge in [0.1, 0.15) is 12.4 Å². The maximum absolute atomic E-state index is 13.1. The standard InChI is InChI=1S/C23H21ClFN3O3/c1-2-30-21-10-15(12-26-17-7-8-19-20(11-17)28-23(29)27-19)9-18(24)22(21)31-13-14-3-5-16(25)6-4-14/h3-11,26H,2,12-13H2,1H3,(H2,27,28,29). The number of aromatic nitrogens is 2. The summed E-state index contributed by atoms with van der Waals surface area (Å²) in [4.78, 5) is 16.9. The van der Waals surface area contributed by atoms with Crippen molar-refractivity contribution >= 4 is 28.3 Å². The van der Waals surface area contributed by atoms with Crippen LogP contribution in [0, 0.1) is 5.82 Å². The monoisotopic (exact) mass is 441 g/mol. The molecule has 0 amide bonds. The fourth-order valence-electron chi connectivity index (χ4n) is 3.21. The van der Waals surface area contributed by atoms with Gasteiger partial charge in [0, 0.05) is 12.2 Å². The number of hydrogen-bond acceptors (Lipinski definition) is 4. The summed E-state index contributed by atoms with van der Waals surface area (Å²) < 4.78 is 24.7. The Labute approximate surface area is 183 Å². The van der Waals surface area contributed by atoms with Crippen molar-refractivity contribution in [2.24, 2.45) is 0 Å². The zero-order chi connectivity index (χ0) is 21.8. The van der Waals surface area contributed by atoms with Crippen molar-refractivity contribution in [1.29, 1.82) is 0 Å². The van der Waals surface area contributed by atoms with Crippen LogP contribution in [0.4, 0.5) is 10.1 Å². The molecule has 0 fully saturated rings. The summed E-state index contributed by atoms with van der Waals surface area (Å²) in [6.07, 6.45) is 0. The second-order valence-electron chi connectivity index (χ2n) is 6.95. The van der Waals surface area contributed by atoms with E-state index in [0.29, 0.717) is 29.7 Å². The van der Waals surface area contributed by atoms with Gasteiger partial charge in [-0.25, -0.2) is 9.18 Å². The Balaban J connectivity index is 1.49. The molecule has 0 aliphatic carbocycles. The van der Waals surface area contributed by atoms with Crippen LogP contribution in [0.1, 0.15) is 18.1 Å². The Morgan fingerprint density at radius 1 is 0.968 bits per heavy atom. The number of H-pyrrole nitrogens is 2. The molecule has 3 N–H and O–H groups in total. The predicted molar refractivity (Wildman–Crippen MR) is 120 cm³/mol. The third-order valence-electron chi connectivity index (χ3n) is 4.68. The molecular weight excluding hydrogens is 421 g/mol.